The van der Waals surface area contributed by atoms with E-state index in [0.717, 1.165) is 36.7 Å². The molecule has 24 heavy (non-hydrogen) atoms. The molecule has 6 nitrogen and oxygen atoms in total. The predicted octanol–water partition coefficient (Wildman–Crippen LogP) is 2.61. The van der Waals surface area contributed by atoms with Gasteiger partial charge in [-0.1, -0.05) is 12.1 Å². The van der Waals surface area contributed by atoms with Crippen LogP contribution in [0.1, 0.15) is 24.8 Å². The maximum absolute atomic E-state index is 12.1. The minimum Gasteiger partial charge on any atom is -0.482 e. The van der Waals surface area contributed by atoms with E-state index in [-0.39, 0.29) is 12.5 Å². The van der Waals surface area contributed by atoms with Crippen LogP contribution in [0.15, 0.2) is 34.2 Å². The maximum Gasteiger partial charge on any atom is 0.341 e. The van der Waals surface area contributed by atoms with Crippen LogP contribution in [0.5, 0.6) is 5.75 Å². The van der Waals surface area contributed by atoms with Crippen LogP contribution in [0.25, 0.3) is 6.08 Å². The van der Waals surface area contributed by atoms with Gasteiger partial charge in [0.1, 0.15) is 5.75 Å². The quantitative estimate of drug-likeness (QED) is 0.844. The number of likely N-dealkylation sites (tertiary alicyclic amines) is 1. The molecule has 1 saturated heterocycles. The molecule has 0 spiro atoms. The summed E-state index contributed by atoms with van der Waals surface area (Å²) in [6.07, 6.45) is 5.32. The van der Waals surface area contributed by atoms with E-state index in [1.807, 2.05) is 0 Å². The molecule has 3 rings (SSSR count). The topological polar surface area (TPSA) is 79.2 Å². The lowest BCUT2D eigenvalue weighted by atomic mass is 10.1. The highest BCUT2D eigenvalue weighted by Crippen LogP contribution is 2.31. The van der Waals surface area contributed by atoms with Gasteiger partial charge in [0.2, 0.25) is 0 Å². The first kappa shape index (κ1) is 16.6. The Bertz CT molecular complexity index is 691. The lowest BCUT2D eigenvalue weighted by Crippen LogP contribution is -2.33. The van der Waals surface area contributed by atoms with Crippen molar-refractivity contribution in [3.63, 3.8) is 0 Å². The third kappa shape index (κ3) is 4.17. The Labute approximate surface area is 144 Å². The molecule has 1 fully saturated rings. The molecule has 0 aromatic heterocycles. The number of carbonyl (C=O) groups excluding carboxylic acids is 1. The number of carbonyl (C=O) groups is 2. The molecule has 0 aliphatic carbocycles. The number of nitrogens with zero attached hydrogens (tertiary/aromatic N) is 2. The molecule has 2 aliphatic rings. The second-order valence-corrected chi connectivity index (χ2v) is 6.62. The molecule has 0 unspecified atom stereocenters. The summed E-state index contributed by atoms with van der Waals surface area (Å²) >= 11 is 1.42. The van der Waals surface area contributed by atoms with Crippen LogP contribution in [-0.4, -0.2) is 46.7 Å². The summed E-state index contributed by atoms with van der Waals surface area (Å²) in [5.41, 5.74) is 0.851. The number of hydrogen-bond donors (Lipinski definition) is 1. The van der Waals surface area contributed by atoms with Gasteiger partial charge in [-0.05, 0) is 54.8 Å². The summed E-state index contributed by atoms with van der Waals surface area (Å²) in [7, 11) is 0. The Balaban J connectivity index is 1.64. The molecular weight excluding hydrogens is 328 g/mol. The molecule has 1 aromatic carbocycles. The zero-order valence-electron chi connectivity index (χ0n) is 13.1. The standard InChI is InChI=1S/C17H18N2O4S/c20-15(21)11-23-13-6-4-12(5-7-13)10-14-16(22)18-17(24-14)19-8-2-1-3-9-19/h4-7,10H,1-3,8-9,11H2,(H,20,21). The molecular formula is C17H18N2O4S. The Morgan fingerprint density at radius 2 is 1.96 bits per heavy atom. The highest BCUT2D eigenvalue weighted by molar-refractivity contribution is 8.18. The van der Waals surface area contributed by atoms with Crippen LogP contribution < -0.4 is 4.74 Å². The number of amidine groups is 1. The number of ether oxygens (including phenoxy) is 1. The molecule has 126 valence electrons. The Hall–Kier alpha value is -2.28. The van der Waals surface area contributed by atoms with Crippen molar-refractivity contribution in [1.82, 2.24) is 4.90 Å². The SMILES string of the molecule is O=C(O)COc1ccc(C=C2SC(N3CCCCC3)=NC2=O)cc1. The zero-order valence-corrected chi connectivity index (χ0v) is 13.9. The maximum atomic E-state index is 12.1. The van der Waals surface area contributed by atoms with Crippen molar-refractivity contribution in [2.45, 2.75) is 19.3 Å². The number of aliphatic carboxylic acids is 1. The number of hydrogen-bond acceptors (Lipinski definition) is 5. The number of carboxylic acids is 1. The summed E-state index contributed by atoms with van der Waals surface area (Å²) in [4.78, 5) is 29.5. The second-order valence-electron chi connectivity index (χ2n) is 5.61. The first-order valence-electron chi connectivity index (χ1n) is 7.84. The van der Waals surface area contributed by atoms with Crippen LogP contribution in [0.3, 0.4) is 0 Å². The highest BCUT2D eigenvalue weighted by Gasteiger charge is 2.26. The van der Waals surface area contributed by atoms with Gasteiger partial charge in [-0.2, -0.15) is 4.99 Å². The molecule has 0 atom stereocenters. The Morgan fingerprint density at radius 1 is 1.25 bits per heavy atom. The average Bonchev–Trinajstić information content (AvgIpc) is 2.96. The van der Waals surface area contributed by atoms with Crippen molar-refractivity contribution >= 4 is 34.9 Å². The van der Waals surface area contributed by atoms with Crippen LogP contribution in [-0.2, 0) is 9.59 Å². The first-order chi connectivity index (χ1) is 11.6. The van der Waals surface area contributed by atoms with Crippen molar-refractivity contribution in [3.05, 3.63) is 34.7 Å². The molecule has 1 aromatic rings. The molecule has 0 bridgehead atoms. The van der Waals surface area contributed by atoms with Gasteiger partial charge in [0.15, 0.2) is 11.8 Å². The fourth-order valence-electron chi connectivity index (χ4n) is 2.58. The van der Waals surface area contributed by atoms with Gasteiger partial charge < -0.3 is 14.7 Å². The predicted molar refractivity (Wildman–Crippen MR) is 93.0 cm³/mol. The smallest absolute Gasteiger partial charge is 0.341 e. The van der Waals surface area contributed by atoms with Gasteiger partial charge >= 0.3 is 5.97 Å². The largest absolute Gasteiger partial charge is 0.482 e. The van der Waals surface area contributed by atoms with Gasteiger partial charge in [0.05, 0.1) is 4.91 Å². The van der Waals surface area contributed by atoms with Crippen molar-refractivity contribution in [3.8, 4) is 5.75 Å². The van der Waals surface area contributed by atoms with E-state index in [1.54, 1.807) is 30.3 Å². The lowest BCUT2D eigenvalue weighted by molar-refractivity contribution is -0.139. The van der Waals surface area contributed by atoms with Gasteiger partial charge in [-0.25, -0.2) is 4.79 Å². The van der Waals surface area contributed by atoms with E-state index in [1.165, 1.54) is 18.2 Å². The van der Waals surface area contributed by atoms with E-state index >= 15 is 0 Å². The number of carboxylic acid groups (broad SMARTS) is 1. The molecule has 2 heterocycles. The number of aliphatic imine (C=N–C) groups is 1. The first-order valence-corrected chi connectivity index (χ1v) is 8.65. The van der Waals surface area contributed by atoms with Crippen molar-refractivity contribution in [2.24, 2.45) is 4.99 Å². The fourth-order valence-corrected chi connectivity index (χ4v) is 3.54. The molecule has 1 amide bonds. The monoisotopic (exact) mass is 346 g/mol. The normalized spacial score (nSPS) is 19.5. The number of benzene rings is 1. The van der Waals surface area contributed by atoms with E-state index in [4.69, 9.17) is 9.84 Å². The minimum atomic E-state index is -1.02. The van der Waals surface area contributed by atoms with E-state index in [2.05, 4.69) is 9.89 Å². The van der Waals surface area contributed by atoms with Gasteiger partial charge in [-0.3, -0.25) is 4.79 Å². The fraction of sp³-hybridized carbons (Fsp3) is 0.353. The number of piperidine rings is 1. The summed E-state index contributed by atoms with van der Waals surface area (Å²) in [6, 6.07) is 6.95. The van der Waals surface area contributed by atoms with Crippen molar-refractivity contribution in [1.29, 1.82) is 0 Å². The highest BCUT2D eigenvalue weighted by atomic mass is 32.2. The third-order valence-corrected chi connectivity index (χ3v) is 4.82. The lowest BCUT2D eigenvalue weighted by Gasteiger charge is -2.27. The third-order valence-electron chi connectivity index (χ3n) is 3.78. The average molecular weight is 346 g/mol. The number of thioether (sulfide) groups is 1. The van der Waals surface area contributed by atoms with Crippen LogP contribution in [0, 0.1) is 0 Å². The van der Waals surface area contributed by atoms with E-state index in [0.29, 0.717) is 10.7 Å². The summed E-state index contributed by atoms with van der Waals surface area (Å²) in [5, 5.41) is 9.39. The van der Waals surface area contributed by atoms with Gasteiger partial charge in [-0.15, -0.1) is 0 Å². The number of rotatable bonds is 4. The van der Waals surface area contributed by atoms with Gasteiger partial charge in [0, 0.05) is 13.1 Å². The summed E-state index contributed by atoms with van der Waals surface area (Å²) in [6.45, 7) is 1.55. The Morgan fingerprint density at radius 3 is 2.62 bits per heavy atom. The van der Waals surface area contributed by atoms with E-state index in [9.17, 15) is 9.59 Å². The molecule has 7 heteroatoms. The molecule has 1 N–H and O–H groups in total. The number of amides is 1. The van der Waals surface area contributed by atoms with Crippen molar-refractivity contribution in [2.75, 3.05) is 19.7 Å². The van der Waals surface area contributed by atoms with Crippen molar-refractivity contribution < 1.29 is 19.4 Å². The van der Waals surface area contributed by atoms with Crippen LogP contribution in [0.4, 0.5) is 0 Å². The molecule has 2 aliphatic heterocycles. The zero-order chi connectivity index (χ0) is 16.9. The van der Waals surface area contributed by atoms with E-state index < -0.39 is 5.97 Å². The summed E-state index contributed by atoms with van der Waals surface area (Å²) < 4.78 is 5.09. The molecule has 0 saturated carbocycles. The summed E-state index contributed by atoms with van der Waals surface area (Å²) in [5.74, 6) is -0.737. The van der Waals surface area contributed by atoms with Crippen LogP contribution in [0.2, 0.25) is 0 Å². The van der Waals surface area contributed by atoms with Gasteiger partial charge in [0.25, 0.3) is 5.91 Å². The van der Waals surface area contributed by atoms with Crippen LogP contribution >= 0.6 is 11.8 Å². The second kappa shape index (κ2) is 7.53. The Kier molecular flexibility index (Phi) is 5.20. The molecule has 0 radical (unpaired) electrons. The minimum absolute atomic E-state index is 0.202.